The third kappa shape index (κ3) is 3.57. The van der Waals surface area contributed by atoms with E-state index in [2.05, 4.69) is 20.2 Å². The van der Waals surface area contributed by atoms with Gasteiger partial charge in [0.05, 0.1) is 25.6 Å². The number of pyridine rings is 1. The number of rotatable bonds is 6. The van der Waals surface area contributed by atoms with Crippen LogP contribution in [0.4, 0.5) is 11.4 Å². The molecule has 1 aromatic heterocycles. The van der Waals surface area contributed by atoms with E-state index < -0.39 is 0 Å². The summed E-state index contributed by atoms with van der Waals surface area (Å²) in [6.07, 6.45) is 4.11. The summed E-state index contributed by atoms with van der Waals surface area (Å²) < 4.78 is 10.9. The van der Waals surface area contributed by atoms with Gasteiger partial charge in [-0.15, -0.1) is 0 Å². The fraction of sp³-hybridized carbons (Fsp3) is 0.368. The van der Waals surface area contributed by atoms with Crippen LogP contribution in [0.2, 0.25) is 0 Å². The Hall–Kier alpha value is -2.80. The first-order valence-corrected chi connectivity index (χ1v) is 8.66. The highest BCUT2D eigenvalue weighted by Crippen LogP contribution is 2.40. The average molecular weight is 355 g/mol. The molecule has 138 valence electrons. The molecule has 26 heavy (non-hydrogen) atoms. The fourth-order valence-electron chi connectivity index (χ4n) is 3.08. The van der Waals surface area contributed by atoms with Crippen LogP contribution in [0.15, 0.2) is 41.7 Å². The minimum absolute atomic E-state index is 0.345. The van der Waals surface area contributed by atoms with Gasteiger partial charge in [0.2, 0.25) is 0 Å². The van der Waals surface area contributed by atoms with E-state index >= 15 is 0 Å². The summed E-state index contributed by atoms with van der Waals surface area (Å²) in [4.78, 5) is 10.7. The number of fused-ring (bicyclic) bond motifs is 1. The Morgan fingerprint density at radius 3 is 2.54 bits per heavy atom. The third-order valence-corrected chi connectivity index (χ3v) is 4.41. The standard InChI is InChI=1S/C19H25N5O2/c1-4-22-19-18(20)24(10-7-13-5-8-21-9-6-13)15-12-17(26-3)16(25-2)11-14(15)23-19/h5-6,8-9,11-12,18H,4,7,10,20H2,1-3H3,(H,22,23). The molecule has 0 bridgehead atoms. The Balaban J connectivity index is 1.97. The van der Waals surface area contributed by atoms with Gasteiger partial charge in [0.15, 0.2) is 11.5 Å². The van der Waals surface area contributed by atoms with Crippen LogP contribution in [0.25, 0.3) is 0 Å². The molecule has 7 heteroatoms. The summed E-state index contributed by atoms with van der Waals surface area (Å²) in [5.41, 5.74) is 9.59. The highest BCUT2D eigenvalue weighted by atomic mass is 16.5. The number of hydrogen-bond acceptors (Lipinski definition) is 6. The highest BCUT2D eigenvalue weighted by Gasteiger charge is 2.29. The molecule has 1 aromatic carbocycles. The summed E-state index contributed by atoms with van der Waals surface area (Å²) in [5, 5.41) is 3.34. The second kappa shape index (κ2) is 8.05. The number of aliphatic imine (C=N–C) groups is 1. The fourth-order valence-corrected chi connectivity index (χ4v) is 3.08. The van der Waals surface area contributed by atoms with Crippen LogP contribution in [0, 0.1) is 0 Å². The van der Waals surface area contributed by atoms with Gasteiger partial charge in [-0.25, -0.2) is 0 Å². The first-order chi connectivity index (χ1) is 12.7. The van der Waals surface area contributed by atoms with Crippen molar-refractivity contribution in [1.29, 1.82) is 0 Å². The lowest BCUT2D eigenvalue weighted by Gasteiger charge is -2.38. The SMILES string of the molecule is CCN=C1Nc2cc(OC)c(OC)cc2N(CCc2ccncc2)C1N. The van der Waals surface area contributed by atoms with E-state index in [1.54, 1.807) is 26.6 Å². The van der Waals surface area contributed by atoms with E-state index in [9.17, 15) is 0 Å². The summed E-state index contributed by atoms with van der Waals surface area (Å²) in [7, 11) is 3.26. The second-order valence-corrected chi connectivity index (χ2v) is 5.95. The number of benzene rings is 1. The molecule has 2 heterocycles. The Kier molecular flexibility index (Phi) is 5.58. The van der Waals surface area contributed by atoms with Crippen molar-refractivity contribution in [2.75, 3.05) is 37.5 Å². The molecular formula is C19H25N5O2. The van der Waals surface area contributed by atoms with E-state index in [-0.39, 0.29) is 6.17 Å². The minimum Gasteiger partial charge on any atom is -0.493 e. The maximum Gasteiger partial charge on any atom is 0.162 e. The zero-order chi connectivity index (χ0) is 18.5. The minimum atomic E-state index is -0.345. The van der Waals surface area contributed by atoms with Gasteiger partial charge in [0, 0.05) is 37.6 Å². The molecule has 1 atom stereocenters. The molecule has 3 rings (SSSR count). The molecule has 1 aliphatic heterocycles. The van der Waals surface area contributed by atoms with Gasteiger partial charge < -0.3 is 25.4 Å². The van der Waals surface area contributed by atoms with Crippen molar-refractivity contribution < 1.29 is 9.47 Å². The van der Waals surface area contributed by atoms with Crippen LogP contribution in [0.5, 0.6) is 11.5 Å². The van der Waals surface area contributed by atoms with E-state index in [0.717, 1.165) is 30.2 Å². The van der Waals surface area contributed by atoms with E-state index in [1.807, 2.05) is 31.2 Å². The van der Waals surface area contributed by atoms with Gasteiger partial charge in [0.1, 0.15) is 12.0 Å². The zero-order valence-corrected chi connectivity index (χ0v) is 15.4. The molecule has 0 saturated carbocycles. The summed E-state index contributed by atoms with van der Waals surface area (Å²) in [5.74, 6) is 2.09. The maximum atomic E-state index is 6.50. The van der Waals surface area contributed by atoms with E-state index in [4.69, 9.17) is 15.2 Å². The van der Waals surface area contributed by atoms with Crippen molar-refractivity contribution in [3.05, 3.63) is 42.2 Å². The molecule has 0 spiro atoms. The maximum absolute atomic E-state index is 6.50. The molecule has 0 fully saturated rings. The second-order valence-electron chi connectivity index (χ2n) is 5.95. The summed E-state index contributed by atoms with van der Waals surface area (Å²) >= 11 is 0. The Bertz CT molecular complexity index is 779. The molecule has 0 radical (unpaired) electrons. The van der Waals surface area contributed by atoms with Crippen molar-refractivity contribution in [3.8, 4) is 11.5 Å². The molecular weight excluding hydrogens is 330 g/mol. The van der Waals surface area contributed by atoms with Crippen molar-refractivity contribution in [2.45, 2.75) is 19.5 Å². The van der Waals surface area contributed by atoms with Crippen molar-refractivity contribution in [2.24, 2.45) is 10.7 Å². The molecule has 0 amide bonds. The number of nitrogens with two attached hydrogens (primary N) is 1. The molecule has 0 saturated heterocycles. The Morgan fingerprint density at radius 2 is 1.88 bits per heavy atom. The Morgan fingerprint density at radius 1 is 1.19 bits per heavy atom. The van der Waals surface area contributed by atoms with Crippen LogP contribution in [0.3, 0.4) is 0 Å². The number of aromatic nitrogens is 1. The summed E-state index contributed by atoms with van der Waals surface area (Å²) in [6.45, 7) is 3.40. The Labute approximate surface area is 153 Å². The predicted molar refractivity (Wildman–Crippen MR) is 104 cm³/mol. The lowest BCUT2D eigenvalue weighted by Crippen LogP contribution is -2.54. The topological polar surface area (TPSA) is 85.0 Å². The third-order valence-electron chi connectivity index (χ3n) is 4.41. The molecule has 2 aromatic rings. The van der Waals surface area contributed by atoms with Crippen molar-refractivity contribution in [3.63, 3.8) is 0 Å². The van der Waals surface area contributed by atoms with Crippen LogP contribution in [-0.4, -0.2) is 44.3 Å². The van der Waals surface area contributed by atoms with Crippen LogP contribution >= 0.6 is 0 Å². The number of nitrogens with one attached hydrogen (secondary N) is 1. The first kappa shape index (κ1) is 18.0. The summed E-state index contributed by atoms with van der Waals surface area (Å²) in [6, 6.07) is 7.91. The normalized spacial score (nSPS) is 17.6. The van der Waals surface area contributed by atoms with Crippen LogP contribution in [0.1, 0.15) is 12.5 Å². The number of ether oxygens (including phenoxy) is 2. The van der Waals surface area contributed by atoms with Gasteiger partial charge >= 0.3 is 0 Å². The molecule has 3 N–H and O–H groups in total. The van der Waals surface area contributed by atoms with Gasteiger partial charge in [-0.05, 0) is 31.0 Å². The van der Waals surface area contributed by atoms with Crippen LogP contribution in [-0.2, 0) is 6.42 Å². The molecule has 0 aliphatic carbocycles. The lowest BCUT2D eigenvalue weighted by atomic mass is 10.1. The predicted octanol–water partition coefficient (Wildman–Crippen LogP) is 2.28. The molecule has 1 unspecified atom stereocenters. The number of amidine groups is 1. The van der Waals surface area contributed by atoms with Gasteiger partial charge in [-0.2, -0.15) is 0 Å². The van der Waals surface area contributed by atoms with E-state index in [0.29, 0.717) is 18.0 Å². The first-order valence-electron chi connectivity index (χ1n) is 8.66. The van der Waals surface area contributed by atoms with Gasteiger partial charge in [-0.1, -0.05) is 0 Å². The van der Waals surface area contributed by atoms with Crippen molar-refractivity contribution in [1.82, 2.24) is 4.98 Å². The van der Waals surface area contributed by atoms with Crippen LogP contribution < -0.4 is 25.4 Å². The highest BCUT2D eigenvalue weighted by molar-refractivity contribution is 6.07. The smallest absolute Gasteiger partial charge is 0.162 e. The number of anilines is 2. The average Bonchev–Trinajstić information content (AvgIpc) is 2.68. The molecule has 1 aliphatic rings. The number of nitrogens with zero attached hydrogens (tertiary/aromatic N) is 3. The van der Waals surface area contributed by atoms with Crippen molar-refractivity contribution >= 4 is 17.2 Å². The largest absolute Gasteiger partial charge is 0.493 e. The van der Waals surface area contributed by atoms with Gasteiger partial charge in [0.25, 0.3) is 0 Å². The quantitative estimate of drug-likeness (QED) is 0.827. The number of methoxy groups -OCH3 is 2. The zero-order valence-electron chi connectivity index (χ0n) is 15.4. The number of hydrogen-bond donors (Lipinski definition) is 2. The monoisotopic (exact) mass is 355 g/mol. The molecule has 7 nitrogen and oxygen atoms in total. The lowest BCUT2D eigenvalue weighted by molar-refractivity contribution is 0.355. The van der Waals surface area contributed by atoms with Gasteiger partial charge in [-0.3, -0.25) is 9.98 Å². The van der Waals surface area contributed by atoms with E-state index in [1.165, 1.54) is 5.56 Å².